The van der Waals surface area contributed by atoms with Crippen LogP contribution in [0.4, 0.5) is 5.69 Å². The van der Waals surface area contributed by atoms with Gasteiger partial charge in [0.15, 0.2) is 0 Å². The molecular formula is C12H13ClN2O2. The summed E-state index contributed by atoms with van der Waals surface area (Å²) in [6.45, 7) is 1.84. The molecule has 0 unspecified atom stereocenters. The van der Waals surface area contributed by atoms with Crippen LogP contribution in [0, 0.1) is 18.3 Å². The molecule has 1 aromatic rings. The average molecular weight is 253 g/mol. The SMILES string of the molecule is COc1c(C)cc(Cl)cc1NC(=O)CCC#N. The van der Waals surface area contributed by atoms with Crippen molar-refractivity contribution in [3.05, 3.63) is 22.7 Å². The number of anilines is 1. The van der Waals surface area contributed by atoms with E-state index < -0.39 is 0 Å². The van der Waals surface area contributed by atoms with Crippen LogP contribution in [0.5, 0.6) is 5.75 Å². The van der Waals surface area contributed by atoms with Gasteiger partial charge in [-0.15, -0.1) is 0 Å². The van der Waals surface area contributed by atoms with Crippen LogP contribution >= 0.6 is 11.6 Å². The van der Waals surface area contributed by atoms with E-state index in [0.29, 0.717) is 16.5 Å². The van der Waals surface area contributed by atoms with Gasteiger partial charge >= 0.3 is 0 Å². The van der Waals surface area contributed by atoms with Crippen LogP contribution in [0.2, 0.25) is 5.02 Å². The minimum atomic E-state index is -0.230. The molecule has 0 saturated heterocycles. The van der Waals surface area contributed by atoms with Gasteiger partial charge in [-0.2, -0.15) is 5.26 Å². The molecule has 1 rings (SSSR count). The predicted molar refractivity (Wildman–Crippen MR) is 66.2 cm³/mol. The van der Waals surface area contributed by atoms with E-state index in [1.165, 1.54) is 7.11 Å². The highest BCUT2D eigenvalue weighted by Gasteiger charge is 2.11. The fraction of sp³-hybridized carbons (Fsp3) is 0.333. The lowest BCUT2D eigenvalue weighted by Gasteiger charge is -2.12. The van der Waals surface area contributed by atoms with Gasteiger partial charge in [-0.1, -0.05) is 11.6 Å². The Morgan fingerprint density at radius 1 is 1.59 bits per heavy atom. The highest BCUT2D eigenvalue weighted by Crippen LogP contribution is 2.32. The maximum atomic E-state index is 11.5. The summed E-state index contributed by atoms with van der Waals surface area (Å²) in [6.07, 6.45) is 0.346. The third-order valence-corrected chi connectivity index (χ3v) is 2.40. The second-order valence-corrected chi connectivity index (χ2v) is 3.95. The summed E-state index contributed by atoms with van der Waals surface area (Å²) in [5.41, 5.74) is 1.37. The molecule has 0 saturated carbocycles. The van der Waals surface area contributed by atoms with Gasteiger partial charge in [-0.05, 0) is 24.6 Å². The highest BCUT2D eigenvalue weighted by atomic mass is 35.5. The van der Waals surface area contributed by atoms with Gasteiger partial charge < -0.3 is 10.1 Å². The molecule has 90 valence electrons. The Hall–Kier alpha value is -1.73. The van der Waals surface area contributed by atoms with Gasteiger partial charge in [-0.3, -0.25) is 4.79 Å². The molecular weight excluding hydrogens is 240 g/mol. The standard InChI is InChI=1S/C12H13ClN2O2/c1-8-6-9(13)7-10(12(8)17-2)15-11(16)4-3-5-14/h6-7H,3-4H2,1-2H3,(H,15,16). The van der Waals surface area contributed by atoms with Crippen molar-refractivity contribution in [3.63, 3.8) is 0 Å². The van der Waals surface area contributed by atoms with Crippen molar-refractivity contribution in [2.75, 3.05) is 12.4 Å². The van der Waals surface area contributed by atoms with Gasteiger partial charge in [0.2, 0.25) is 5.91 Å². The second kappa shape index (κ2) is 6.12. The molecule has 1 aromatic carbocycles. The fourth-order valence-electron chi connectivity index (χ4n) is 1.48. The van der Waals surface area contributed by atoms with E-state index in [4.69, 9.17) is 21.6 Å². The summed E-state index contributed by atoms with van der Waals surface area (Å²) in [5.74, 6) is 0.353. The number of nitriles is 1. The first-order chi connectivity index (χ1) is 8.08. The summed E-state index contributed by atoms with van der Waals surface area (Å²) in [7, 11) is 1.53. The topological polar surface area (TPSA) is 62.1 Å². The van der Waals surface area contributed by atoms with E-state index >= 15 is 0 Å². The second-order valence-electron chi connectivity index (χ2n) is 3.51. The number of carbonyl (C=O) groups is 1. The number of halogens is 1. The third kappa shape index (κ3) is 3.65. The molecule has 0 bridgehead atoms. The molecule has 5 heteroatoms. The van der Waals surface area contributed by atoms with Crippen molar-refractivity contribution in [1.29, 1.82) is 5.26 Å². The zero-order valence-electron chi connectivity index (χ0n) is 9.71. The van der Waals surface area contributed by atoms with Crippen LogP contribution in [-0.4, -0.2) is 13.0 Å². The van der Waals surface area contributed by atoms with Crippen molar-refractivity contribution in [3.8, 4) is 11.8 Å². The van der Waals surface area contributed by atoms with Crippen molar-refractivity contribution in [2.45, 2.75) is 19.8 Å². The third-order valence-electron chi connectivity index (χ3n) is 2.18. The number of benzene rings is 1. The molecule has 0 aliphatic heterocycles. The Kier molecular flexibility index (Phi) is 4.80. The van der Waals surface area contributed by atoms with Crippen LogP contribution in [0.3, 0.4) is 0 Å². The van der Waals surface area contributed by atoms with E-state index in [9.17, 15) is 4.79 Å². The highest BCUT2D eigenvalue weighted by molar-refractivity contribution is 6.31. The number of hydrogen-bond donors (Lipinski definition) is 1. The van der Waals surface area contributed by atoms with E-state index in [-0.39, 0.29) is 18.7 Å². The molecule has 0 atom stereocenters. The number of methoxy groups -OCH3 is 1. The molecule has 0 aliphatic carbocycles. The lowest BCUT2D eigenvalue weighted by molar-refractivity contribution is -0.116. The summed E-state index contributed by atoms with van der Waals surface area (Å²) in [6, 6.07) is 5.30. The Labute approximate surface area is 105 Å². The molecule has 0 aliphatic rings. The predicted octanol–water partition coefficient (Wildman–Crippen LogP) is 2.90. The van der Waals surface area contributed by atoms with Gasteiger partial charge in [0.25, 0.3) is 0 Å². The van der Waals surface area contributed by atoms with Crippen molar-refractivity contribution < 1.29 is 9.53 Å². The summed E-state index contributed by atoms with van der Waals surface area (Å²) >= 11 is 5.91. The number of rotatable bonds is 4. The van der Waals surface area contributed by atoms with Crippen LogP contribution in [0.25, 0.3) is 0 Å². The first-order valence-electron chi connectivity index (χ1n) is 5.09. The number of amides is 1. The van der Waals surface area contributed by atoms with Crippen molar-refractivity contribution >= 4 is 23.2 Å². The Bertz CT molecular complexity index is 466. The van der Waals surface area contributed by atoms with Gasteiger partial charge in [0.1, 0.15) is 5.75 Å². The number of hydrogen-bond acceptors (Lipinski definition) is 3. The molecule has 0 radical (unpaired) electrons. The maximum Gasteiger partial charge on any atom is 0.225 e. The van der Waals surface area contributed by atoms with Gasteiger partial charge in [0.05, 0.1) is 18.9 Å². The van der Waals surface area contributed by atoms with E-state index in [1.807, 2.05) is 13.0 Å². The van der Waals surface area contributed by atoms with Crippen LogP contribution in [0.15, 0.2) is 12.1 Å². The first-order valence-corrected chi connectivity index (χ1v) is 5.47. The number of nitrogens with zero attached hydrogens (tertiary/aromatic N) is 1. The zero-order valence-corrected chi connectivity index (χ0v) is 10.5. The molecule has 0 aromatic heterocycles. The Morgan fingerprint density at radius 3 is 2.88 bits per heavy atom. The van der Waals surface area contributed by atoms with E-state index in [2.05, 4.69) is 5.32 Å². The fourth-order valence-corrected chi connectivity index (χ4v) is 1.75. The number of aryl methyl sites for hydroxylation is 1. The number of ether oxygens (including phenoxy) is 1. The summed E-state index contributed by atoms with van der Waals surface area (Å²) in [4.78, 5) is 11.5. The van der Waals surface area contributed by atoms with Gasteiger partial charge in [0, 0.05) is 17.9 Å². The molecule has 17 heavy (non-hydrogen) atoms. The lowest BCUT2D eigenvalue weighted by atomic mass is 10.2. The normalized spacial score (nSPS) is 9.53. The summed E-state index contributed by atoms with van der Waals surface area (Å²) in [5, 5.41) is 11.6. The molecule has 1 N–H and O–H groups in total. The van der Waals surface area contributed by atoms with Crippen LogP contribution in [-0.2, 0) is 4.79 Å². The smallest absolute Gasteiger partial charge is 0.225 e. The quantitative estimate of drug-likeness (QED) is 0.896. The number of nitrogens with one attached hydrogen (secondary N) is 1. The molecule has 0 fully saturated rings. The molecule has 0 heterocycles. The zero-order chi connectivity index (χ0) is 12.8. The Balaban J connectivity index is 2.90. The largest absolute Gasteiger partial charge is 0.494 e. The van der Waals surface area contributed by atoms with Crippen LogP contribution in [0.1, 0.15) is 18.4 Å². The lowest BCUT2D eigenvalue weighted by Crippen LogP contribution is -2.12. The molecule has 1 amide bonds. The minimum absolute atomic E-state index is 0.158. The molecule has 0 spiro atoms. The van der Waals surface area contributed by atoms with E-state index in [0.717, 1.165) is 5.56 Å². The molecule has 4 nitrogen and oxygen atoms in total. The number of carbonyl (C=O) groups excluding carboxylic acids is 1. The van der Waals surface area contributed by atoms with Crippen LogP contribution < -0.4 is 10.1 Å². The van der Waals surface area contributed by atoms with Crippen molar-refractivity contribution in [2.24, 2.45) is 0 Å². The minimum Gasteiger partial charge on any atom is -0.494 e. The van der Waals surface area contributed by atoms with E-state index in [1.54, 1.807) is 12.1 Å². The monoisotopic (exact) mass is 252 g/mol. The Morgan fingerprint density at radius 2 is 2.29 bits per heavy atom. The van der Waals surface area contributed by atoms with Gasteiger partial charge in [-0.25, -0.2) is 0 Å². The maximum absolute atomic E-state index is 11.5. The first kappa shape index (κ1) is 13.3. The summed E-state index contributed by atoms with van der Waals surface area (Å²) < 4.78 is 5.20. The average Bonchev–Trinajstić information content (AvgIpc) is 2.25. The van der Waals surface area contributed by atoms with Crippen molar-refractivity contribution in [1.82, 2.24) is 0 Å².